The van der Waals surface area contributed by atoms with Crippen molar-refractivity contribution in [3.63, 3.8) is 0 Å². The number of rotatable bonds is 13. The molecule has 182 valence electrons. The minimum atomic E-state index is -1.26. The average molecular weight is 460 g/mol. The number of nitrogens with zero attached hydrogens (tertiary/aromatic N) is 1. The molecule has 1 rings (SSSR count). The number of carboxylic acid groups (broad SMARTS) is 2. The van der Waals surface area contributed by atoms with E-state index >= 15 is 0 Å². The molecule has 1 aromatic rings. The van der Waals surface area contributed by atoms with Crippen LogP contribution in [-0.2, 0) is 15.2 Å². The van der Waals surface area contributed by atoms with E-state index in [1.165, 1.54) is 5.57 Å². The van der Waals surface area contributed by atoms with Crippen LogP contribution in [0.15, 0.2) is 72.9 Å². The van der Waals surface area contributed by atoms with Crippen molar-refractivity contribution in [3.8, 4) is 5.75 Å². The van der Waals surface area contributed by atoms with Crippen LogP contribution < -0.4 is 4.74 Å². The van der Waals surface area contributed by atoms with Crippen molar-refractivity contribution >= 4 is 11.9 Å². The number of likely N-dealkylation sites (N-methyl/N-ethyl adjacent to an activating group) is 1. The topological polar surface area (TPSA) is 107 Å². The van der Waals surface area contributed by atoms with Crippen LogP contribution in [0.2, 0.25) is 0 Å². The van der Waals surface area contributed by atoms with E-state index in [1.54, 1.807) is 0 Å². The van der Waals surface area contributed by atoms with E-state index in [0.717, 1.165) is 30.8 Å². The second-order valence-corrected chi connectivity index (χ2v) is 7.92. The van der Waals surface area contributed by atoms with Crippen molar-refractivity contribution < 1.29 is 29.6 Å². The van der Waals surface area contributed by atoms with Crippen LogP contribution in [0.5, 0.6) is 5.75 Å². The molecule has 3 N–H and O–H groups in total. The van der Waals surface area contributed by atoms with Crippen LogP contribution >= 0.6 is 0 Å². The van der Waals surface area contributed by atoms with Crippen LogP contribution in [-0.4, -0.2) is 58.9 Å². The van der Waals surface area contributed by atoms with Crippen molar-refractivity contribution in [1.29, 1.82) is 0 Å². The quantitative estimate of drug-likeness (QED) is 0.296. The van der Waals surface area contributed by atoms with Gasteiger partial charge in [-0.1, -0.05) is 42.0 Å². The number of aliphatic carboxylic acids is 2. The summed E-state index contributed by atoms with van der Waals surface area (Å²) in [5, 5.41) is 26.3. The summed E-state index contributed by atoms with van der Waals surface area (Å²) in [5.74, 6) is -1.70. The lowest BCUT2D eigenvalue weighted by atomic mass is 9.91. The highest BCUT2D eigenvalue weighted by Crippen LogP contribution is 2.28. The highest BCUT2D eigenvalue weighted by molar-refractivity contribution is 5.89. The second kappa shape index (κ2) is 16.5. The molecular weight excluding hydrogens is 422 g/mol. The van der Waals surface area contributed by atoms with Gasteiger partial charge in [0.15, 0.2) is 0 Å². The van der Waals surface area contributed by atoms with Crippen molar-refractivity contribution in [3.05, 3.63) is 78.4 Å². The molecule has 0 aromatic heterocycles. The first kappa shape index (κ1) is 29.8. The molecule has 0 heterocycles. The molecule has 0 amide bonds. The minimum Gasteiger partial charge on any atom is -0.490 e. The van der Waals surface area contributed by atoms with Crippen LogP contribution in [0.1, 0.15) is 39.2 Å². The first-order valence-electron chi connectivity index (χ1n) is 10.7. The Hall–Kier alpha value is -3.16. The Kier molecular flexibility index (Phi) is 14.9. The Labute approximate surface area is 197 Å². The monoisotopic (exact) mass is 459 g/mol. The fraction of sp³-hybridized carbons (Fsp3) is 0.385. The first-order valence-corrected chi connectivity index (χ1v) is 10.7. The van der Waals surface area contributed by atoms with Gasteiger partial charge < -0.3 is 20.1 Å². The normalized spacial score (nSPS) is 12.7. The summed E-state index contributed by atoms with van der Waals surface area (Å²) in [5.41, 5.74) is 1.38. The summed E-state index contributed by atoms with van der Waals surface area (Å²) in [6, 6.07) is 7.73. The minimum absolute atomic E-state index is 0.540. The maximum Gasteiger partial charge on any atom is 0.328 e. The third-order valence-corrected chi connectivity index (χ3v) is 4.40. The molecule has 7 nitrogen and oxygen atoms in total. The largest absolute Gasteiger partial charge is 0.490 e. The fourth-order valence-electron chi connectivity index (χ4n) is 2.60. The van der Waals surface area contributed by atoms with Crippen molar-refractivity contribution in [1.82, 2.24) is 4.90 Å². The van der Waals surface area contributed by atoms with Gasteiger partial charge in [0.05, 0.1) is 5.60 Å². The Morgan fingerprint density at radius 3 is 2.12 bits per heavy atom. The Balaban J connectivity index is 0.00000109. The molecule has 0 aliphatic rings. The predicted molar refractivity (Wildman–Crippen MR) is 131 cm³/mol. The van der Waals surface area contributed by atoms with Gasteiger partial charge in [0, 0.05) is 25.2 Å². The van der Waals surface area contributed by atoms with Gasteiger partial charge in [-0.05, 0) is 58.4 Å². The van der Waals surface area contributed by atoms with Gasteiger partial charge in [-0.2, -0.15) is 0 Å². The van der Waals surface area contributed by atoms with E-state index in [-0.39, 0.29) is 0 Å². The molecule has 7 heteroatoms. The van der Waals surface area contributed by atoms with Gasteiger partial charge >= 0.3 is 11.9 Å². The maximum atomic E-state index is 10.6. The molecule has 33 heavy (non-hydrogen) atoms. The summed E-state index contributed by atoms with van der Waals surface area (Å²) < 4.78 is 5.71. The molecule has 0 saturated carbocycles. The summed E-state index contributed by atoms with van der Waals surface area (Å²) in [4.78, 5) is 21.3. The number of aliphatic hydroxyl groups is 1. The molecular formula is C26H37NO6. The number of allylic oxidation sites excluding steroid dienone is 2. The van der Waals surface area contributed by atoms with E-state index in [4.69, 9.17) is 14.9 Å². The van der Waals surface area contributed by atoms with Crippen LogP contribution in [0.4, 0.5) is 0 Å². The van der Waals surface area contributed by atoms with Crippen molar-refractivity contribution in [2.24, 2.45) is 0 Å². The van der Waals surface area contributed by atoms with Gasteiger partial charge in [0.2, 0.25) is 0 Å². The lowest BCUT2D eigenvalue weighted by molar-refractivity contribution is -0.134. The maximum absolute atomic E-state index is 10.6. The number of ether oxygens (including phenoxy) is 1. The van der Waals surface area contributed by atoms with Crippen molar-refractivity contribution in [2.75, 3.05) is 26.7 Å². The molecule has 1 unspecified atom stereocenters. The number of carbonyl (C=O) groups is 2. The second-order valence-electron chi connectivity index (χ2n) is 7.92. The number of hydrogen-bond acceptors (Lipinski definition) is 5. The van der Waals surface area contributed by atoms with Crippen molar-refractivity contribution in [2.45, 2.75) is 39.2 Å². The molecule has 1 aromatic carbocycles. The Morgan fingerprint density at radius 1 is 1.06 bits per heavy atom. The molecule has 0 fully saturated rings. The third-order valence-electron chi connectivity index (χ3n) is 4.40. The lowest BCUT2D eigenvalue weighted by Crippen LogP contribution is -2.20. The molecule has 0 aliphatic carbocycles. The average Bonchev–Trinajstić information content (AvgIpc) is 2.72. The fourth-order valence-corrected chi connectivity index (χ4v) is 2.60. The Morgan fingerprint density at radius 2 is 1.64 bits per heavy atom. The summed E-state index contributed by atoms with van der Waals surface area (Å²) in [6.07, 6.45) is 10.9. The zero-order valence-electron chi connectivity index (χ0n) is 20.0. The lowest BCUT2D eigenvalue weighted by Gasteiger charge is -2.23. The molecule has 0 aliphatic heterocycles. The summed E-state index contributed by atoms with van der Waals surface area (Å²) >= 11 is 0. The Bertz CT molecular complexity index is 802. The predicted octanol–water partition coefficient (Wildman–Crippen LogP) is 4.41. The van der Waals surface area contributed by atoms with E-state index in [1.807, 2.05) is 43.3 Å². The third kappa shape index (κ3) is 16.2. The molecule has 0 spiro atoms. The van der Waals surface area contributed by atoms with E-state index in [0.29, 0.717) is 25.2 Å². The molecule has 0 saturated heterocycles. The number of benzene rings is 1. The smallest absolute Gasteiger partial charge is 0.328 e. The van der Waals surface area contributed by atoms with Gasteiger partial charge in [-0.3, -0.25) is 4.90 Å². The van der Waals surface area contributed by atoms with Crippen LogP contribution in [0.3, 0.4) is 0 Å². The molecule has 1 atom stereocenters. The zero-order valence-corrected chi connectivity index (χ0v) is 20.0. The van der Waals surface area contributed by atoms with E-state index < -0.39 is 17.5 Å². The van der Waals surface area contributed by atoms with Crippen LogP contribution in [0.25, 0.3) is 0 Å². The van der Waals surface area contributed by atoms with E-state index in [9.17, 15) is 14.7 Å². The highest BCUT2D eigenvalue weighted by atomic mass is 16.5. The summed E-state index contributed by atoms with van der Waals surface area (Å²) in [7, 11) is 2.05. The van der Waals surface area contributed by atoms with Gasteiger partial charge in [-0.15, -0.1) is 6.58 Å². The van der Waals surface area contributed by atoms with Gasteiger partial charge in [-0.25, -0.2) is 9.59 Å². The number of carboxylic acids is 2. The first-order chi connectivity index (χ1) is 15.5. The van der Waals surface area contributed by atoms with Crippen LogP contribution in [0, 0.1) is 0 Å². The highest BCUT2D eigenvalue weighted by Gasteiger charge is 2.21. The van der Waals surface area contributed by atoms with Gasteiger partial charge in [0.25, 0.3) is 0 Å². The van der Waals surface area contributed by atoms with Gasteiger partial charge in [0.1, 0.15) is 12.4 Å². The summed E-state index contributed by atoms with van der Waals surface area (Å²) in [6.45, 7) is 12.0. The SMILES string of the molecule is C=CCN(C)C/C=C/COc1ccc(C(C)(O)CCC=C(C)C)cc1.O=C(O)/C=C/C(=O)O. The van der Waals surface area contributed by atoms with E-state index in [2.05, 4.69) is 44.5 Å². The number of hydrogen-bond donors (Lipinski definition) is 3. The molecule has 0 bridgehead atoms. The standard InChI is InChI=1S/C22H33NO2.C4H4O4/c1-6-16-23(5)17-7-8-18-25-21-13-11-20(12-14-21)22(4,24)15-9-10-19(2)3;5-3(6)1-2-4(7)8/h6-8,10-14,24H,1,9,15-18H2,2-5H3;1-2H,(H,5,6)(H,7,8)/b8-7+;2-1+. The zero-order chi connectivity index (χ0) is 25.3. The molecule has 0 radical (unpaired) electrons.